The molecule has 0 saturated carbocycles. The van der Waals surface area contributed by atoms with Crippen LogP contribution in [-0.4, -0.2) is 42.2 Å². The van der Waals surface area contributed by atoms with Crippen LogP contribution in [0.3, 0.4) is 0 Å². The SMILES string of the molecule is COc1cc(OC)cc(C(C(=O)O)N(C)Cc2ccccn2)c1. The highest BCUT2D eigenvalue weighted by Crippen LogP contribution is 2.29. The summed E-state index contributed by atoms with van der Waals surface area (Å²) in [4.78, 5) is 17.7. The van der Waals surface area contributed by atoms with Crippen LogP contribution in [0.1, 0.15) is 17.3 Å². The lowest BCUT2D eigenvalue weighted by Crippen LogP contribution is -2.30. The summed E-state index contributed by atoms with van der Waals surface area (Å²) in [6, 6.07) is 9.85. The summed E-state index contributed by atoms with van der Waals surface area (Å²) in [6.07, 6.45) is 1.69. The fourth-order valence-electron chi connectivity index (χ4n) is 2.41. The van der Waals surface area contributed by atoms with E-state index in [1.54, 1.807) is 36.3 Å². The van der Waals surface area contributed by atoms with E-state index >= 15 is 0 Å². The van der Waals surface area contributed by atoms with Crippen LogP contribution in [0.5, 0.6) is 11.5 Å². The molecule has 1 heterocycles. The smallest absolute Gasteiger partial charge is 0.325 e. The highest BCUT2D eigenvalue weighted by atomic mass is 16.5. The number of pyridine rings is 1. The first-order valence-corrected chi connectivity index (χ1v) is 7.11. The Hall–Kier alpha value is -2.60. The molecule has 0 aliphatic carbocycles. The van der Waals surface area contributed by atoms with E-state index in [0.717, 1.165) is 5.69 Å². The molecule has 6 nitrogen and oxygen atoms in total. The molecule has 0 bridgehead atoms. The second-order valence-corrected chi connectivity index (χ2v) is 5.12. The molecular weight excluding hydrogens is 296 g/mol. The van der Waals surface area contributed by atoms with Crippen LogP contribution in [0.25, 0.3) is 0 Å². The molecule has 2 rings (SSSR count). The quantitative estimate of drug-likeness (QED) is 0.845. The van der Waals surface area contributed by atoms with Gasteiger partial charge >= 0.3 is 5.97 Å². The zero-order valence-electron chi connectivity index (χ0n) is 13.4. The molecule has 2 aromatic rings. The second kappa shape index (κ2) is 7.60. The normalized spacial score (nSPS) is 12.0. The standard InChI is InChI=1S/C17H20N2O4/c1-19(11-13-6-4-5-7-18-13)16(17(20)21)12-8-14(22-2)10-15(9-12)23-3/h4-10,16H,11H2,1-3H3,(H,20,21). The highest BCUT2D eigenvalue weighted by Gasteiger charge is 2.26. The number of carboxylic acids is 1. The molecular formula is C17H20N2O4. The van der Waals surface area contributed by atoms with Gasteiger partial charge in [-0.1, -0.05) is 6.07 Å². The zero-order valence-corrected chi connectivity index (χ0v) is 13.4. The maximum absolute atomic E-state index is 11.8. The zero-order chi connectivity index (χ0) is 16.8. The van der Waals surface area contributed by atoms with Gasteiger partial charge in [0.25, 0.3) is 0 Å². The van der Waals surface area contributed by atoms with E-state index in [2.05, 4.69) is 4.98 Å². The first kappa shape index (κ1) is 16.8. The molecule has 0 aliphatic heterocycles. The Kier molecular flexibility index (Phi) is 5.54. The number of methoxy groups -OCH3 is 2. The number of carbonyl (C=O) groups is 1. The fourth-order valence-corrected chi connectivity index (χ4v) is 2.41. The fraction of sp³-hybridized carbons (Fsp3) is 0.294. The van der Waals surface area contributed by atoms with Gasteiger partial charge < -0.3 is 14.6 Å². The topological polar surface area (TPSA) is 71.9 Å². The Morgan fingerprint density at radius 3 is 2.35 bits per heavy atom. The lowest BCUT2D eigenvalue weighted by atomic mass is 10.0. The number of nitrogens with zero attached hydrogens (tertiary/aromatic N) is 2. The molecule has 0 radical (unpaired) electrons. The first-order valence-electron chi connectivity index (χ1n) is 7.11. The lowest BCUT2D eigenvalue weighted by Gasteiger charge is -2.25. The predicted molar refractivity (Wildman–Crippen MR) is 85.6 cm³/mol. The van der Waals surface area contributed by atoms with E-state index in [1.165, 1.54) is 14.2 Å². The van der Waals surface area contributed by atoms with Gasteiger partial charge in [0.05, 0.1) is 19.9 Å². The molecule has 0 aliphatic rings. The summed E-state index contributed by atoms with van der Waals surface area (Å²) < 4.78 is 10.4. The number of hydrogen-bond donors (Lipinski definition) is 1. The Labute approximate surface area is 135 Å². The van der Waals surface area contributed by atoms with Crippen molar-refractivity contribution in [3.63, 3.8) is 0 Å². The summed E-state index contributed by atoms with van der Waals surface area (Å²) >= 11 is 0. The maximum Gasteiger partial charge on any atom is 0.325 e. The minimum absolute atomic E-state index is 0.414. The van der Waals surface area contributed by atoms with Gasteiger partial charge in [-0.15, -0.1) is 0 Å². The van der Waals surface area contributed by atoms with Crippen LogP contribution >= 0.6 is 0 Å². The average molecular weight is 316 g/mol. The van der Waals surface area contributed by atoms with Crippen LogP contribution in [0.4, 0.5) is 0 Å². The molecule has 1 aromatic carbocycles. The molecule has 1 aromatic heterocycles. The summed E-state index contributed by atoms with van der Waals surface area (Å²) in [5, 5.41) is 9.66. The Morgan fingerprint density at radius 1 is 1.22 bits per heavy atom. The lowest BCUT2D eigenvalue weighted by molar-refractivity contribution is -0.143. The number of ether oxygens (including phenoxy) is 2. The molecule has 1 atom stereocenters. The molecule has 0 saturated heterocycles. The third-order valence-corrected chi connectivity index (χ3v) is 3.50. The summed E-state index contributed by atoms with van der Waals surface area (Å²) in [5.74, 6) is 0.160. The molecule has 0 fully saturated rings. The van der Waals surface area contributed by atoms with Crippen molar-refractivity contribution in [1.82, 2.24) is 9.88 Å². The molecule has 0 spiro atoms. The van der Waals surface area contributed by atoms with Crippen molar-refractivity contribution in [3.05, 3.63) is 53.9 Å². The number of aliphatic carboxylic acids is 1. The van der Waals surface area contributed by atoms with Crippen molar-refractivity contribution in [2.45, 2.75) is 12.6 Å². The van der Waals surface area contributed by atoms with Crippen molar-refractivity contribution in [2.75, 3.05) is 21.3 Å². The second-order valence-electron chi connectivity index (χ2n) is 5.12. The van der Waals surface area contributed by atoms with Gasteiger partial charge in [-0.2, -0.15) is 0 Å². The summed E-state index contributed by atoms with van der Waals surface area (Å²) in [6.45, 7) is 0.414. The van der Waals surface area contributed by atoms with Crippen molar-refractivity contribution in [1.29, 1.82) is 0 Å². The minimum atomic E-state index is -0.946. The molecule has 122 valence electrons. The van der Waals surface area contributed by atoms with E-state index in [9.17, 15) is 9.90 Å². The van der Waals surface area contributed by atoms with E-state index in [0.29, 0.717) is 23.6 Å². The minimum Gasteiger partial charge on any atom is -0.497 e. The first-order chi connectivity index (χ1) is 11.0. The van der Waals surface area contributed by atoms with Gasteiger partial charge in [-0.25, -0.2) is 0 Å². The van der Waals surface area contributed by atoms with Gasteiger partial charge in [0.2, 0.25) is 0 Å². The molecule has 0 amide bonds. The number of aromatic nitrogens is 1. The van der Waals surface area contributed by atoms with Gasteiger partial charge in [0.1, 0.15) is 17.5 Å². The van der Waals surface area contributed by atoms with Crippen LogP contribution < -0.4 is 9.47 Å². The van der Waals surface area contributed by atoms with Crippen molar-refractivity contribution in [3.8, 4) is 11.5 Å². The highest BCUT2D eigenvalue weighted by molar-refractivity contribution is 5.76. The summed E-state index contributed by atoms with van der Waals surface area (Å²) in [5.41, 5.74) is 1.39. The van der Waals surface area contributed by atoms with E-state index in [1.807, 2.05) is 18.2 Å². The van der Waals surface area contributed by atoms with Crippen LogP contribution in [0.15, 0.2) is 42.6 Å². The Balaban J connectivity index is 2.32. The number of carboxylic acid groups (broad SMARTS) is 1. The van der Waals surface area contributed by atoms with E-state index in [4.69, 9.17) is 9.47 Å². The van der Waals surface area contributed by atoms with Crippen LogP contribution in [0, 0.1) is 0 Å². The number of hydrogen-bond acceptors (Lipinski definition) is 5. The van der Waals surface area contributed by atoms with Crippen molar-refractivity contribution < 1.29 is 19.4 Å². The van der Waals surface area contributed by atoms with Crippen molar-refractivity contribution in [2.24, 2.45) is 0 Å². The van der Waals surface area contributed by atoms with Gasteiger partial charge in [-0.05, 0) is 36.9 Å². The maximum atomic E-state index is 11.8. The van der Waals surface area contributed by atoms with Gasteiger partial charge in [0.15, 0.2) is 0 Å². The summed E-state index contributed by atoms with van der Waals surface area (Å²) in [7, 11) is 4.82. The molecule has 1 N–H and O–H groups in total. The van der Waals surface area contributed by atoms with Gasteiger partial charge in [-0.3, -0.25) is 14.7 Å². The van der Waals surface area contributed by atoms with Gasteiger partial charge in [0, 0.05) is 18.8 Å². The number of likely N-dealkylation sites (N-methyl/N-ethyl adjacent to an activating group) is 1. The molecule has 6 heteroatoms. The average Bonchev–Trinajstić information content (AvgIpc) is 2.55. The molecule has 23 heavy (non-hydrogen) atoms. The molecule has 1 unspecified atom stereocenters. The van der Waals surface area contributed by atoms with Crippen molar-refractivity contribution >= 4 is 5.97 Å². The Bertz CT molecular complexity index is 639. The predicted octanol–water partition coefficient (Wildman–Crippen LogP) is 2.36. The van der Waals surface area contributed by atoms with E-state index in [-0.39, 0.29) is 0 Å². The largest absolute Gasteiger partial charge is 0.497 e. The third kappa shape index (κ3) is 4.20. The monoisotopic (exact) mass is 316 g/mol. The van der Waals surface area contributed by atoms with Crippen LogP contribution in [0.2, 0.25) is 0 Å². The van der Waals surface area contributed by atoms with E-state index < -0.39 is 12.0 Å². The number of benzene rings is 1. The Morgan fingerprint density at radius 2 is 1.87 bits per heavy atom. The third-order valence-electron chi connectivity index (χ3n) is 3.50. The van der Waals surface area contributed by atoms with Crippen LogP contribution in [-0.2, 0) is 11.3 Å². The number of rotatable bonds is 7.